The first-order valence-electron chi connectivity index (χ1n) is 4.00. The molecular formula is C11H9NO2. The normalized spacial score (nSPS) is 8.36. The molecule has 0 spiro atoms. The van der Waals surface area contributed by atoms with Crippen molar-refractivity contribution >= 4 is 0 Å². The molecule has 0 saturated carbocycles. The summed E-state index contributed by atoms with van der Waals surface area (Å²) in [7, 11) is 1.50. The molecule has 1 aromatic carbocycles. The minimum Gasteiger partial charge on any atom is -0.495 e. The van der Waals surface area contributed by atoms with Crippen LogP contribution in [0.2, 0.25) is 0 Å². The van der Waals surface area contributed by atoms with E-state index in [9.17, 15) is 0 Å². The van der Waals surface area contributed by atoms with E-state index in [1.807, 2.05) is 6.07 Å². The van der Waals surface area contributed by atoms with Crippen LogP contribution in [0.5, 0.6) is 5.75 Å². The summed E-state index contributed by atoms with van der Waals surface area (Å²) in [5, 5.41) is 17.4. The third kappa shape index (κ3) is 2.04. The van der Waals surface area contributed by atoms with Gasteiger partial charge in [0.25, 0.3) is 0 Å². The van der Waals surface area contributed by atoms with E-state index in [1.54, 1.807) is 18.2 Å². The van der Waals surface area contributed by atoms with E-state index in [2.05, 4.69) is 11.8 Å². The summed E-state index contributed by atoms with van der Waals surface area (Å²) in [5.74, 6) is 5.67. The summed E-state index contributed by atoms with van der Waals surface area (Å²) >= 11 is 0. The van der Waals surface area contributed by atoms with Crippen LogP contribution in [0.1, 0.15) is 11.1 Å². The van der Waals surface area contributed by atoms with Crippen molar-refractivity contribution in [3.8, 4) is 23.7 Å². The second-order valence-corrected chi connectivity index (χ2v) is 2.45. The van der Waals surface area contributed by atoms with Crippen LogP contribution >= 0.6 is 0 Å². The Kier molecular flexibility index (Phi) is 3.55. The maximum atomic E-state index is 8.87. The van der Waals surface area contributed by atoms with E-state index in [0.29, 0.717) is 16.9 Å². The SMILES string of the molecule is COc1cccc(C#CCO)c1C#N. The van der Waals surface area contributed by atoms with E-state index in [-0.39, 0.29) is 6.61 Å². The topological polar surface area (TPSA) is 53.2 Å². The van der Waals surface area contributed by atoms with E-state index in [0.717, 1.165) is 0 Å². The van der Waals surface area contributed by atoms with Gasteiger partial charge in [-0.1, -0.05) is 17.9 Å². The van der Waals surface area contributed by atoms with Crippen molar-refractivity contribution in [3.05, 3.63) is 29.3 Å². The van der Waals surface area contributed by atoms with Gasteiger partial charge in [-0.2, -0.15) is 5.26 Å². The smallest absolute Gasteiger partial charge is 0.137 e. The van der Waals surface area contributed by atoms with Gasteiger partial charge in [0.05, 0.1) is 7.11 Å². The Labute approximate surface area is 82.6 Å². The number of nitriles is 1. The number of nitrogens with zero attached hydrogens (tertiary/aromatic N) is 1. The van der Waals surface area contributed by atoms with E-state index in [4.69, 9.17) is 15.1 Å². The molecule has 0 fully saturated rings. The number of benzene rings is 1. The van der Waals surface area contributed by atoms with Crippen LogP contribution in [0.15, 0.2) is 18.2 Å². The minimum atomic E-state index is -0.220. The van der Waals surface area contributed by atoms with Gasteiger partial charge in [-0.25, -0.2) is 0 Å². The van der Waals surface area contributed by atoms with Gasteiger partial charge in [0.1, 0.15) is 24.0 Å². The summed E-state index contributed by atoms with van der Waals surface area (Å²) in [6, 6.07) is 7.18. The standard InChI is InChI=1S/C11H9NO2/c1-14-11-6-2-4-9(5-3-7-13)10(11)8-12/h2,4,6,13H,7H2,1H3. The molecule has 0 heterocycles. The molecular weight excluding hydrogens is 178 g/mol. The summed E-state index contributed by atoms with van der Waals surface area (Å²) in [4.78, 5) is 0. The molecule has 1 rings (SSSR count). The number of methoxy groups -OCH3 is 1. The molecule has 0 amide bonds. The van der Waals surface area contributed by atoms with Crippen LogP contribution < -0.4 is 4.74 Å². The molecule has 0 radical (unpaired) electrons. The molecule has 0 aliphatic carbocycles. The molecule has 0 bridgehead atoms. The highest BCUT2D eigenvalue weighted by Gasteiger charge is 2.05. The molecule has 14 heavy (non-hydrogen) atoms. The van der Waals surface area contributed by atoms with Gasteiger partial charge in [0.15, 0.2) is 0 Å². The average molecular weight is 187 g/mol. The first kappa shape index (κ1) is 10.1. The van der Waals surface area contributed by atoms with Crippen molar-refractivity contribution in [2.75, 3.05) is 13.7 Å². The van der Waals surface area contributed by atoms with E-state index in [1.165, 1.54) is 7.11 Å². The second kappa shape index (κ2) is 4.91. The largest absolute Gasteiger partial charge is 0.495 e. The van der Waals surface area contributed by atoms with Crippen molar-refractivity contribution in [1.82, 2.24) is 0 Å². The lowest BCUT2D eigenvalue weighted by atomic mass is 10.1. The molecule has 1 aromatic rings. The van der Waals surface area contributed by atoms with Gasteiger partial charge < -0.3 is 9.84 Å². The summed E-state index contributed by atoms with van der Waals surface area (Å²) in [5.41, 5.74) is 0.969. The van der Waals surface area contributed by atoms with Crippen LogP contribution in [0.4, 0.5) is 0 Å². The highest BCUT2D eigenvalue weighted by atomic mass is 16.5. The number of rotatable bonds is 1. The average Bonchev–Trinajstić information content (AvgIpc) is 2.25. The van der Waals surface area contributed by atoms with Crippen LogP contribution in [-0.4, -0.2) is 18.8 Å². The highest BCUT2D eigenvalue weighted by Crippen LogP contribution is 2.20. The lowest BCUT2D eigenvalue weighted by Crippen LogP contribution is -1.91. The summed E-state index contributed by atoms with van der Waals surface area (Å²) in [6.45, 7) is -0.220. The summed E-state index contributed by atoms with van der Waals surface area (Å²) < 4.78 is 5.00. The zero-order valence-electron chi connectivity index (χ0n) is 7.74. The molecule has 1 N–H and O–H groups in total. The number of aliphatic hydroxyl groups excluding tert-OH is 1. The fourth-order valence-corrected chi connectivity index (χ4v) is 1.06. The fourth-order valence-electron chi connectivity index (χ4n) is 1.06. The fraction of sp³-hybridized carbons (Fsp3) is 0.182. The van der Waals surface area contributed by atoms with Gasteiger partial charge in [0.2, 0.25) is 0 Å². The molecule has 70 valence electrons. The van der Waals surface area contributed by atoms with Crippen LogP contribution in [-0.2, 0) is 0 Å². The Balaban J connectivity index is 3.24. The van der Waals surface area contributed by atoms with Gasteiger partial charge in [-0.15, -0.1) is 0 Å². The number of hydrogen-bond acceptors (Lipinski definition) is 3. The van der Waals surface area contributed by atoms with Gasteiger partial charge in [-0.05, 0) is 12.1 Å². The highest BCUT2D eigenvalue weighted by molar-refractivity contribution is 5.55. The monoisotopic (exact) mass is 187 g/mol. The number of ether oxygens (including phenoxy) is 1. The molecule has 3 nitrogen and oxygen atoms in total. The first-order valence-corrected chi connectivity index (χ1v) is 4.00. The van der Waals surface area contributed by atoms with Crippen molar-refractivity contribution in [2.24, 2.45) is 0 Å². The number of aliphatic hydroxyl groups is 1. The zero-order chi connectivity index (χ0) is 10.4. The maximum absolute atomic E-state index is 8.87. The van der Waals surface area contributed by atoms with Crippen molar-refractivity contribution in [2.45, 2.75) is 0 Å². The molecule has 0 aliphatic rings. The molecule has 0 saturated heterocycles. The van der Waals surface area contributed by atoms with Crippen molar-refractivity contribution in [3.63, 3.8) is 0 Å². The quantitative estimate of drug-likeness (QED) is 0.665. The molecule has 0 aromatic heterocycles. The van der Waals surface area contributed by atoms with Gasteiger partial charge in [-0.3, -0.25) is 0 Å². The minimum absolute atomic E-state index is 0.220. The van der Waals surface area contributed by atoms with Crippen LogP contribution in [0, 0.1) is 23.2 Å². The molecule has 3 heteroatoms. The van der Waals surface area contributed by atoms with Crippen LogP contribution in [0.3, 0.4) is 0 Å². The lowest BCUT2D eigenvalue weighted by Gasteiger charge is -2.02. The Morgan fingerprint density at radius 1 is 1.50 bits per heavy atom. The van der Waals surface area contributed by atoms with E-state index < -0.39 is 0 Å². The number of hydrogen-bond donors (Lipinski definition) is 1. The predicted octanol–water partition coefficient (Wildman–Crippen LogP) is 0.911. The Morgan fingerprint density at radius 2 is 2.29 bits per heavy atom. The van der Waals surface area contributed by atoms with Crippen LogP contribution in [0.25, 0.3) is 0 Å². The Hall–Kier alpha value is -1.97. The van der Waals surface area contributed by atoms with Gasteiger partial charge >= 0.3 is 0 Å². The lowest BCUT2D eigenvalue weighted by molar-refractivity contribution is 0.350. The molecule has 0 atom stereocenters. The Morgan fingerprint density at radius 3 is 2.86 bits per heavy atom. The molecule has 0 aliphatic heterocycles. The maximum Gasteiger partial charge on any atom is 0.137 e. The Bertz CT molecular complexity index is 421. The molecule has 0 unspecified atom stereocenters. The summed E-state index contributed by atoms with van der Waals surface area (Å²) in [6.07, 6.45) is 0. The van der Waals surface area contributed by atoms with Crippen molar-refractivity contribution in [1.29, 1.82) is 5.26 Å². The van der Waals surface area contributed by atoms with Crippen molar-refractivity contribution < 1.29 is 9.84 Å². The third-order valence-corrected chi connectivity index (χ3v) is 1.66. The first-order chi connectivity index (χ1) is 6.83. The zero-order valence-corrected chi connectivity index (χ0v) is 7.74. The van der Waals surface area contributed by atoms with E-state index >= 15 is 0 Å². The third-order valence-electron chi connectivity index (χ3n) is 1.66. The van der Waals surface area contributed by atoms with Gasteiger partial charge in [0, 0.05) is 5.56 Å². The second-order valence-electron chi connectivity index (χ2n) is 2.45. The predicted molar refractivity (Wildman–Crippen MR) is 51.7 cm³/mol.